The van der Waals surface area contributed by atoms with Crippen molar-refractivity contribution in [1.29, 1.82) is 0 Å². The van der Waals surface area contributed by atoms with Gasteiger partial charge in [0.15, 0.2) is 0 Å². The fourth-order valence-electron chi connectivity index (χ4n) is 3.69. The summed E-state index contributed by atoms with van der Waals surface area (Å²) in [5.41, 5.74) is 3.90. The van der Waals surface area contributed by atoms with E-state index in [1.54, 1.807) is 0 Å². The number of aryl methyl sites for hydroxylation is 2. The van der Waals surface area contributed by atoms with Gasteiger partial charge in [-0.25, -0.2) is 0 Å². The van der Waals surface area contributed by atoms with Gasteiger partial charge in [-0.3, -0.25) is 0 Å². The number of rotatable bonds is 7. The van der Waals surface area contributed by atoms with E-state index in [9.17, 15) is 0 Å². The van der Waals surface area contributed by atoms with E-state index in [1.165, 1.54) is 42.5 Å². The highest BCUT2D eigenvalue weighted by atomic mass is 35.5. The molecule has 1 atom stereocenters. The first kappa shape index (κ1) is 19.1. The van der Waals surface area contributed by atoms with E-state index in [0.29, 0.717) is 5.92 Å². The first-order valence-electron chi connectivity index (χ1n) is 9.88. The average molecular weight is 372 g/mol. The molecule has 0 saturated heterocycles. The fourth-order valence-corrected chi connectivity index (χ4v) is 3.90. The third kappa shape index (κ3) is 5.17. The second-order valence-corrected chi connectivity index (χ2v) is 7.91. The highest BCUT2D eigenvalue weighted by molar-refractivity contribution is 6.30. The number of anilines is 1. The minimum atomic E-state index is 0.568. The number of nitrogens with zero attached hydrogens (tertiary/aromatic N) is 1. The van der Waals surface area contributed by atoms with Gasteiger partial charge in [0.1, 0.15) is 5.75 Å². The smallest absolute Gasteiger partial charge is 0.142 e. The largest absolute Gasteiger partial charge is 0.491 e. The van der Waals surface area contributed by atoms with Crippen molar-refractivity contribution in [3.05, 3.63) is 58.6 Å². The number of ether oxygens (including phenoxy) is 1. The molecule has 3 heteroatoms. The molecule has 0 radical (unpaired) electrons. The minimum Gasteiger partial charge on any atom is -0.491 e. The van der Waals surface area contributed by atoms with Crippen LogP contribution in [0.5, 0.6) is 5.75 Å². The predicted molar refractivity (Wildman–Crippen MR) is 112 cm³/mol. The summed E-state index contributed by atoms with van der Waals surface area (Å²) >= 11 is 6.10. The number of halogens is 1. The zero-order valence-electron chi connectivity index (χ0n) is 16.0. The van der Waals surface area contributed by atoms with Crippen LogP contribution in [0.15, 0.2) is 42.5 Å². The van der Waals surface area contributed by atoms with Gasteiger partial charge in [0.2, 0.25) is 0 Å². The predicted octanol–water partition coefficient (Wildman–Crippen LogP) is 6.29. The molecule has 0 aromatic heterocycles. The van der Waals surface area contributed by atoms with Crippen LogP contribution in [0.4, 0.5) is 5.69 Å². The molecular weight excluding hydrogens is 342 g/mol. The zero-order chi connectivity index (χ0) is 18.4. The van der Waals surface area contributed by atoms with Gasteiger partial charge in [0.05, 0.1) is 12.3 Å². The quantitative estimate of drug-likeness (QED) is 0.567. The molecule has 0 amide bonds. The first-order chi connectivity index (χ1) is 12.7. The molecular formula is C23H30ClNO. The highest BCUT2D eigenvalue weighted by Crippen LogP contribution is 2.34. The zero-order valence-corrected chi connectivity index (χ0v) is 16.8. The van der Waals surface area contributed by atoms with Crippen molar-refractivity contribution in [3.63, 3.8) is 0 Å². The van der Waals surface area contributed by atoms with Crippen LogP contribution < -0.4 is 9.64 Å². The van der Waals surface area contributed by atoms with Crippen molar-refractivity contribution in [2.75, 3.05) is 24.6 Å². The molecule has 2 nitrogen and oxygen atoms in total. The summed E-state index contributed by atoms with van der Waals surface area (Å²) in [4.78, 5) is 2.54. The Hall–Kier alpha value is -1.67. The molecule has 2 aromatic carbocycles. The minimum absolute atomic E-state index is 0.568. The Balaban J connectivity index is 1.62. The van der Waals surface area contributed by atoms with Crippen LogP contribution in [0, 0.1) is 12.8 Å². The third-order valence-corrected chi connectivity index (χ3v) is 5.39. The Bertz CT molecular complexity index is 715. The van der Waals surface area contributed by atoms with Crippen LogP contribution in [-0.2, 0) is 6.42 Å². The van der Waals surface area contributed by atoms with Gasteiger partial charge in [-0.15, -0.1) is 0 Å². The lowest BCUT2D eigenvalue weighted by Gasteiger charge is -2.26. The van der Waals surface area contributed by atoms with E-state index in [4.69, 9.17) is 16.3 Å². The van der Waals surface area contributed by atoms with Crippen LogP contribution in [0.25, 0.3) is 0 Å². The van der Waals surface area contributed by atoms with Crippen LogP contribution in [0.1, 0.15) is 43.7 Å². The molecule has 0 saturated carbocycles. The Kier molecular flexibility index (Phi) is 6.85. The normalized spacial score (nSPS) is 16.7. The lowest BCUT2D eigenvalue weighted by atomic mass is 9.99. The fraction of sp³-hybridized carbons (Fsp3) is 0.478. The standard InChI is InChI=1S/C23H30ClNO/c1-3-4-13-25-16-20(9-5-7-19-8-6-10-21(24)15-19)17-26-23-12-11-18(2)14-22(23)25/h6,8,10-12,14-15,20H,3-5,7,9,13,16-17H2,1-2H3. The van der Waals surface area contributed by atoms with Crippen LogP contribution >= 0.6 is 11.6 Å². The molecule has 2 aromatic rings. The van der Waals surface area contributed by atoms with Crippen molar-refractivity contribution in [2.45, 2.75) is 46.0 Å². The van der Waals surface area contributed by atoms with Crippen molar-refractivity contribution < 1.29 is 4.74 Å². The van der Waals surface area contributed by atoms with E-state index in [2.05, 4.69) is 49.1 Å². The van der Waals surface area contributed by atoms with Gasteiger partial charge in [0.25, 0.3) is 0 Å². The van der Waals surface area contributed by atoms with E-state index < -0.39 is 0 Å². The molecule has 140 valence electrons. The van der Waals surface area contributed by atoms with E-state index in [0.717, 1.165) is 36.9 Å². The molecule has 0 bridgehead atoms. The Labute approximate surface area is 163 Å². The maximum Gasteiger partial charge on any atom is 0.142 e. The van der Waals surface area contributed by atoms with E-state index in [-0.39, 0.29) is 0 Å². The van der Waals surface area contributed by atoms with Gasteiger partial charge in [-0.05, 0) is 68.0 Å². The lowest BCUT2D eigenvalue weighted by Crippen LogP contribution is -2.30. The van der Waals surface area contributed by atoms with Crippen molar-refractivity contribution in [3.8, 4) is 5.75 Å². The monoisotopic (exact) mass is 371 g/mol. The lowest BCUT2D eigenvalue weighted by molar-refractivity contribution is 0.251. The summed E-state index contributed by atoms with van der Waals surface area (Å²) in [6, 6.07) is 14.8. The second kappa shape index (κ2) is 9.32. The van der Waals surface area contributed by atoms with Crippen molar-refractivity contribution in [1.82, 2.24) is 0 Å². The Morgan fingerprint density at radius 2 is 2.04 bits per heavy atom. The number of hydrogen-bond acceptors (Lipinski definition) is 2. The number of hydrogen-bond donors (Lipinski definition) is 0. The summed E-state index contributed by atoms with van der Waals surface area (Å²) in [6.45, 7) is 7.43. The van der Waals surface area contributed by atoms with Crippen LogP contribution in [0.2, 0.25) is 5.02 Å². The van der Waals surface area contributed by atoms with Crippen molar-refractivity contribution >= 4 is 17.3 Å². The molecule has 3 rings (SSSR count). The number of fused-ring (bicyclic) bond motifs is 1. The Morgan fingerprint density at radius 1 is 1.15 bits per heavy atom. The van der Waals surface area contributed by atoms with Gasteiger partial charge in [-0.1, -0.05) is 43.1 Å². The van der Waals surface area contributed by atoms with E-state index >= 15 is 0 Å². The Morgan fingerprint density at radius 3 is 2.85 bits per heavy atom. The highest BCUT2D eigenvalue weighted by Gasteiger charge is 2.22. The maximum atomic E-state index is 6.19. The van der Waals surface area contributed by atoms with Crippen LogP contribution in [0.3, 0.4) is 0 Å². The van der Waals surface area contributed by atoms with Gasteiger partial charge < -0.3 is 9.64 Å². The van der Waals surface area contributed by atoms with Gasteiger partial charge >= 0.3 is 0 Å². The molecule has 1 aliphatic rings. The van der Waals surface area contributed by atoms with Gasteiger partial charge in [-0.2, -0.15) is 0 Å². The molecule has 26 heavy (non-hydrogen) atoms. The molecule has 1 heterocycles. The molecule has 1 aliphatic heterocycles. The summed E-state index contributed by atoms with van der Waals surface area (Å²) < 4.78 is 6.19. The molecule has 0 N–H and O–H groups in total. The number of unbranched alkanes of at least 4 members (excludes halogenated alkanes) is 1. The number of benzene rings is 2. The second-order valence-electron chi connectivity index (χ2n) is 7.47. The molecule has 0 aliphatic carbocycles. The third-order valence-electron chi connectivity index (χ3n) is 5.16. The van der Waals surface area contributed by atoms with Gasteiger partial charge in [0, 0.05) is 24.0 Å². The molecule has 0 spiro atoms. The summed E-state index contributed by atoms with van der Waals surface area (Å²) in [5, 5.41) is 0.830. The summed E-state index contributed by atoms with van der Waals surface area (Å²) in [6.07, 6.45) is 5.88. The molecule has 1 unspecified atom stereocenters. The average Bonchev–Trinajstić information content (AvgIpc) is 2.79. The summed E-state index contributed by atoms with van der Waals surface area (Å²) in [5.74, 6) is 1.61. The van der Waals surface area contributed by atoms with E-state index in [1.807, 2.05) is 12.1 Å². The maximum absolute atomic E-state index is 6.19. The molecule has 0 fully saturated rings. The topological polar surface area (TPSA) is 12.5 Å². The van der Waals surface area contributed by atoms with Crippen LogP contribution in [-0.4, -0.2) is 19.7 Å². The summed E-state index contributed by atoms with van der Waals surface area (Å²) in [7, 11) is 0. The SMILES string of the molecule is CCCCN1CC(CCCc2cccc(Cl)c2)COc2ccc(C)cc21. The first-order valence-corrected chi connectivity index (χ1v) is 10.3. The van der Waals surface area contributed by atoms with Crippen molar-refractivity contribution in [2.24, 2.45) is 5.92 Å².